The Morgan fingerprint density at radius 1 is 1.28 bits per heavy atom. The summed E-state index contributed by atoms with van der Waals surface area (Å²) in [5.74, 6) is 2.89. The Morgan fingerprint density at radius 2 is 2.00 bits per heavy atom. The molecule has 1 aromatic rings. The molecule has 1 saturated heterocycles. The lowest BCUT2D eigenvalue weighted by molar-refractivity contribution is 0.0209. The molecule has 0 unspecified atom stereocenters. The van der Waals surface area contributed by atoms with Crippen LogP contribution in [0.15, 0.2) is 6.07 Å². The van der Waals surface area contributed by atoms with Gasteiger partial charge in [-0.05, 0) is 11.8 Å². The van der Waals surface area contributed by atoms with Gasteiger partial charge in [0.2, 0.25) is 0 Å². The maximum Gasteiger partial charge on any atom is 0.131 e. The van der Waals surface area contributed by atoms with E-state index in [1.54, 1.807) is 0 Å². The minimum Gasteiger partial charge on any atom is -0.377 e. The number of nitrogens with zero attached hydrogens (tertiary/aromatic N) is 2. The van der Waals surface area contributed by atoms with Crippen molar-refractivity contribution in [2.45, 2.75) is 46.1 Å². The molecule has 100 valence electrons. The highest BCUT2D eigenvalue weighted by atomic mass is 16.5. The van der Waals surface area contributed by atoms with E-state index in [4.69, 9.17) is 4.74 Å². The molecule has 18 heavy (non-hydrogen) atoms. The van der Waals surface area contributed by atoms with Gasteiger partial charge in [-0.1, -0.05) is 27.7 Å². The first kappa shape index (κ1) is 13.3. The molecule has 0 bridgehead atoms. The third kappa shape index (κ3) is 3.42. The summed E-state index contributed by atoms with van der Waals surface area (Å²) in [4.78, 5) is 9.24. The SMILES string of the molecule is CC(C)Cc1nc(NC2COC2)cc(C(C)C)n1. The number of hydrogen-bond acceptors (Lipinski definition) is 4. The summed E-state index contributed by atoms with van der Waals surface area (Å²) in [6.07, 6.45) is 0.927. The number of hydrogen-bond donors (Lipinski definition) is 1. The molecule has 4 heteroatoms. The summed E-state index contributed by atoms with van der Waals surface area (Å²) in [6, 6.07) is 2.47. The van der Waals surface area contributed by atoms with Crippen LogP contribution >= 0.6 is 0 Å². The van der Waals surface area contributed by atoms with Gasteiger partial charge in [0.05, 0.1) is 19.3 Å². The predicted molar refractivity (Wildman–Crippen MR) is 72.9 cm³/mol. The van der Waals surface area contributed by atoms with Crippen LogP contribution in [0, 0.1) is 5.92 Å². The first-order valence-corrected chi connectivity index (χ1v) is 6.76. The van der Waals surface area contributed by atoms with Gasteiger partial charge in [-0.15, -0.1) is 0 Å². The number of aromatic nitrogens is 2. The van der Waals surface area contributed by atoms with Gasteiger partial charge in [0.25, 0.3) is 0 Å². The van der Waals surface area contributed by atoms with Crippen LogP contribution < -0.4 is 5.32 Å². The van der Waals surface area contributed by atoms with Crippen molar-refractivity contribution in [1.82, 2.24) is 9.97 Å². The van der Waals surface area contributed by atoms with Gasteiger partial charge in [0.1, 0.15) is 11.6 Å². The molecular weight excluding hydrogens is 226 g/mol. The van der Waals surface area contributed by atoms with Gasteiger partial charge >= 0.3 is 0 Å². The average molecular weight is 249 g/mol. The van der Waals surface area contributed by atoms with Crippen LogP contribution in [0.5, 0.6) is 0 Å². The number of anilines is 1. The third-order valence-electron chi connectivity index (χ3n) is 2.96. The van der Waals surface area contributed by atoms with Gasteiger partial charge in [-0.25, -0.2) is 9.97 Å². The minimum absolute atomic E-state index is 0.409. The van der Waals surface area contributed by atoms with E-state index in [-0.39, 0.29) is 0 Å². The van der Waals surface area contributed by atoms with Crippen molar-refractivity contribution in [3.63, 3.8) is 0 Å². The summed E-state index contributed by atoms with van der Waals surface area (Å²) in [7, 11) is 0. The molecule has 4 nitrogen and oxygen atoms in total. The summed E-state index contributed by atoms with van der Waals surface area (Å²) in [5.41, 5.74) is 1.11. The van der Waals surface area contributed by atoms with E-state index in [9.17, 15) is 0 Å². The highest BCUT2D eigenvalue weighted by Gasteiger charge is 2.19. The van der Waals surface area contributed by atoms with Gasteiger partial charge in [0, 0.05) is 18.2 Å². The van der Waals surface area contributed by atoms with Crippen molar-refractivity contribution in [2.24, 2.45) is 5.92 Å². The second-order valence-electron chi connectivity index (χ2n) is 5.73. The average Bonchev–Trinajstić information content (AvgIpc) is 2.22. The molecule has 0 aliphatic carbocycles. The molecule has 0 aromatic carbocycles. The maximum absolute atomic E-state index is 5.17. The molecule has 0 atom stereocenters. The van der Waals surface area contributed by atoms with Crippen molar-refractivity contribution in [1.29, 1.82) is 0 Å². The van der Waals surface area contributed by atoms with Crippen LogP contribution in [0.25, 0.3) is 0 Å². The van der Waals surface area contributed by atoms with Crippen LogP contribution in [0.3, 0.4) is 0 Å². The van der Waals surface area contributed by atoms with E-state index in [2.05, 4.69) is 49.0 Å². The lowest BCUT2D eigenvalue weighted by atomic mass is 10.1. The van der Waals surface area contributed by atoms with E-state index < -0.39 is 0 Å². The van der Waals surface area contributed by atoms with Gasteiger partial charge in [0.15, 0.2) is 0 Å². The molecule has 1 aromatic heterocycles. The fourth-order valence-electron chi connectivity index (χ4n) is 1.87. The topological polar surface area (TPSA) is 47.0 Å². The standard InChI is InChI=1S/C14H23N3O/c1-9(2)5-13-16-12(10(3)4)6-14(17-13)15-11-7-18-8-11/h6,9-11H,5,7-8H2,1-4H3,(H,15,16,17). The van der Waals surface area contributed by atoms with Crippen molar-refractivity contribution in [3.05, 3.63) is 17.6 Å². The summed E-state index contributed by atoms with van der Waals surface area (Å²) in [6.45, 7) is 10.3. The lowest BCUT2D eigenvalue weighted by Crippen LogP contribution is -2.40. The number of rotatable bonds is 5. The molecule has 2 heterocycles. The molecule has 1 aliphatic heterocycles. The molecule has 2 rings (SSSR count). The Morgan fingerprint density at radius 3 is 2.50 bits per heavy atom. The first-order valence-electron chi connectivity index (χ1n) is 6.76. The van der Waals surface area contributed by atoms with Gasteiger partial charge in [-0.3, -0.25) is 0 Å². The first-order chi connectivity index (χ1) is 8.54. The number of ether oxygens (including phenoxy) is 1. The van der Waals surface area contributed by atoms with E-state index in [0.29, 0.717) is 17.9 Å². The van der Waals surface area contributed by atoms with Crippen molar-refractivity contribution >= 4 is 5.82 Å². The molecule has 1 N–H and O–H groups in total. The fourth-order valence-corrected chi connectivity index (χ4v) is 1.87. The second-order valence-corrected chi connectivity index (χ2v) is 5.73. The molecular formula is C14H23N3O. The number of nitrogens with one attached hydrogen (secondary N) is 1. The maximum atomic E-state index is 5.17. The van der Waals surface area contributed by atoms with E-state index in [1.807, 2.05) is 0 Å². The van der Waals surface area contributed by atoms with Crippen molar-refractivity contribution < 1.29 is 4.74 Å². The van der Waals surface area contributed by atoms with Crippen molar-refractivity contribution in [2.75, 3.05) is 18.5 Å². The Balaban J connectivity index is 2.17. The molecule has 1 fully saturated rings. The Kier molecular flexibility index (Phi) is 4.17. The normalized spacial score (nSPS) is 16.1. The third-order valence-corrected chi connectivity index (χ3v) is 2.96. The molecule has 1 aliphatic rings. The highest BCUT2D eigenvalue weighted by Crippen LogP contribution is 2.18. The monoisotopic (exact) mass is 249 g/mol. The van der Waals surface area contributed by atoms with Crippen LogP contribution in [0.4, 0.5) is 5.82 Å². The zero-order chi connectivity index (χ0) is 13.1. The Bertz CT molecular complexity index is 400. The quantitative estimate of drug-likeness (QED) is 0.871. The van der Waals surface area contributed by atoms with Gasteiger partial charge in [-0.2, -0.15) is 0 Å². The predicted octanol–water partition coefficient (Wildman–Crippen LogP) is 2.61. The molecule has 0 amide bonds. The summed E-state index contributed by atoms with van der Waals surface area (Å²) in [5, 5.41) is 3.41. The van der Waals surface area contributed by atoms with Crippen LogP contribution in [-0.4, -0.2) is 29.2 Å². The van der Waals surface area contributed by atoms with E-state index >= 15 is 0 Å². The largest absolute Gasteiger partial charge is 0.377 e. The Labute approximate surface area is 109 Å². The van der Waals surface area contributed by atoms with Crippen LogP contribution in [0.2, 0.25) is 0 Å². The Hall–Kier alpha value is -1.16. The smallest absolute Gasteiger partial charge is 0.131 e. The zero-order valence-corrected chi connectivity index (χ0v) is 11.7. The van der Waals surface area contributed by atoms with E-state index in [1.165, 1.54) is 0 Å². The zero-order valence-electron chi connectivity index (χ0n) is 11.7. The van der Waals surface area contributed by atoms with Crippen LogP contribution in [-0.2, 0) is 11.2 Å². The van der Waals surface area contributed by atoms with Crippen molar-refractivity contribution in [3.8, 4) is 0 Å². The lowest BCUT2D eigenvalue weighted by Gasteiger charge is -2.27. The fraction of sp³-hybridized carbons (Fsp3) is 0.714. The second kappa shape index (κ2) is 5.65. The summed E-state index contributed by atoms with van der Waals surface area (Å²) < 4.78 is 5.17. The summed E-state index contributed by atoms with van der Waals surface area (Å²) >= 11 is 0. The van der Waals surface area contributed by atoms with Crippen LogP contribution in [0.1, 0.15) is 45.1 Å². The van der Waals surface area contributed by atoms with Gasteiger partial charge < -0.3 is 10.1 Å². The molecule has 0 saturated carbocycles. The molecule has 0 radical (unpaired) electrons. The minimum atomic E-state index is 0.409. The molecule has 0 spiro atoms. The highest BCUT2D eigenvalue weighted by molar-refractivity contribution is 5.38. The van der Waals surface area contributed by atoms with E-state index in [0.717, 1.165) is 37.0 Å².